The fourth-order valence-corrected chi connectivity index (χ4v) is 3.68. The number of rotatable bonds is 4. The van der Waals surface area contributed by atoms with Crippen LogP contribution in [0, 0.1) is 6.92 Å². The van der Waals surface area contributed by atoms with Crippen LogP contribution in [0.5, 0.6) is 0 Å². The summed E-state index contributed by atoms with van der Waals surface area (Å²) in [6.07, 6.45) is 6.88. The molecule has 0 radical (unpaired) electrons. The van der Waals surface area contributed by atoms with E-state index in [-0.39, 0.29) is 11.6 Å². The Bertz CT molecular complexity index is 538. The van der Waals surface area contributed by atoms with Crippen LogP contribution < -0.4 is 4.72 Å². The molecule has 0 spiro atoms. The Morgan fingerprint density at radius 2 is 1.95 bits per heavy atom. The summed E-state index contributed by atoms with van der Waals surface area (Å²) >= 11 is 0. The van der Waals surface area contributed by atoms with Crippen LogP contribution in [0.3, 0.4) is 0 Å². The molecule has 20 heavy (non-hydrogen) atoms. The number of aliphatic hydroxyl groups is 1. The molecular formula is C13H23N3O3S. The zero-order valence-electron chi connectivity index (χ0n) is 12.1. The van der Waals surface area contributed by atoms with Crippen molar-refractivity contribution in [3.63, 3.8) is 0 Å². The van der Waals surface area contributed by atoms with E-state index >= 15 is 0 Å². The van der Waals surface area contributed by atoms with Gasteiger partial charge in [0.15, 0.2) is 5.03 Å². The Labute approximate surface area is 120 Å². The van der Waals surface area contributed by atoms with Crippen molar-refractivity contribution in [1.29, 1.82) is 0 Å². The molecule has 1 aliphatic carbocycles. The van der Waals surface area contributed by atoms with Crippen molar-refractivity contribution in [2.75, 3.05) is 6.54 Å². The number of hydrogen-bond donors (Lipinski definition) is 2. The van der Waals surface area contributed by atoms with Crippen LogP contribution in [0.15, 0.2) is 11.2 Å². The summed E-state index contributed by atoms with van der Waals surface area (Å²) in [5.41, 5.74) is -0.923. The zero-order chi connectivity index (χ0) is 14.8. The largest absolute Gasteiger partial charge is 0.389 e. The van der Waals surface area contributed by atoms with E-state index in [1.54, 1.807) is 18.5 Å². The first-order valence-corrected chi connectivity index (χ1v) is 8.53. The highest BCUT2D eigenvalue weighted by molar-refractivity contribution is 7.89. The lowest BCUT2D eigenvalue weighted by molar-refractivity contribution is 0.0303. The van der Waals surface area contributed by atoms with Gasteiger partial charge in [-0.1, -0.05) is 25.7 Å². The van der Waals surface area contributed by atoms with Crippen LogP contribution in [-0.2, 0) is 17.1 Å². The van der Waals surface area contributed by atoms with Crippen molar-refractivity contribution in [1.82, 2.24) is 14.3 Å². The predicted molar refractivity (Wildman–Crippen MR) is 75.8 cm³/mol. The highest BCUT2D eigenvalue weighted by Gasteiger charge is 2.30. The topological polar surface area (TPSA) is 84.2 Å². The first-order chi connectivity index (χ1) is 9.32. The van der Waals surface area contributed by atoms with Crippen LogP contribution in [0.2, 0.25) is 0 Å². The van der Waals surface area contributed by atoms with E-state index < -0.39 is 15.6 Å². The van der Waals surface area contributed by atoms with Crippen LogP contribution in [0.25, 0.3) is 0 Å². The lowest BCUT2D eigenvalue weighted by Crippen LogP contribution is -2.42. The first-order valence-electron chi connectivity index (χ1n) is 7.04. The molecule has 0 atom stereocenters. The number of aryl methyl sites for hydroxylation is 2. The molecule has 0 bridgehead atoms. The molecule has 1 saturated carbocycles. The maximum Gasteiger partial charge on any atom is 0.259 e. The second-order valence-corrected chi connectivity index (χ2v) is 7.41. The van der Waals surface area contributed by atoms with E-state index in [0.29, 0.717) is 18.7 Å². The minimum Gasteiger partial charge on any atom is -0.389 e. The molecule has 2 N–H and O–H groups in total. The Morgan fingerprint density at radius 3 is 2.45 bits per heavy atom. The number of nitrogens with zero attached hydrogens (tertiary/aromatic N) is 2. The molecule has 1 heterocycles. The molecule has 1 aromatic heterocycles. The third kappa shape index (κ3) is 3.59. The standard InChI is InChI=1S/C13H23N3O3S/c1-11-15-12(9-16(11)2)20(18,19)14-10-13(17)7-5-3-4-6-8-13/h9,14,17H,3-8,10H2,1-2H3. The third-order valence-electron chi connectivity index (χ3n) is 3.99. The maximum absolute atomic E-state index is 12.2. The van der Waals surface area contributed by atoms with Crippen molar-refractivity contribution in [2.24, 2.45) is 7.05 Å². The summed E-state index contributed by atoms with van der Waals surface area (Å²) in [6, 6.07) is 0. The molecule has 1 aromatic rings. The van der Waals surface area contributed by atoms with Gasteiger partial charge in [0, 0.05) is 19.8 Å². The lowest BCUT2D eigenvalue weighted by Gasteiger charge is -2.26. The van der Waals surface area contributed by atoms with Gasteiger partial charge in [0.1, 0.15) is 5.82 Å². The van der Waals surface area contributed by atoms with Crippen LogP contribution in [-0.4, -0.2) is 35.2 Å². The third-order valence-corrected chi connectivity index (χ3v) is 5.26. The van der Waals surface area contributed by atoms with Crippen LogP contribution in [0.4, 0.5) is 0 Å². The van der Waals surface area contributed by atoms with Crippen molar-refractivity contribution in [2.45, 2.75) is 56.1 Å². The molecule has 0 aromatic carbocycles. The summed E-state index contributed by atoms with van der Waals surface area (Å²) in [6.45, 7) is 1.81. The highest BCUT2D eigenvalue weighted by Crippen LogP contribution is 2.26. The number of aromatic nitrogens is 2. The van der Waals surface area contributed by atoms with Crippen LogP contribution in [0.1, 0.15) is 44.3 Å². The maximum atomic E-state index is 12.2. The van der Waals surface area contributed by atoms with E-state index in [0.717, 1.165) is 25.7 Å². The van der Waals surface area contributed by atoms with E-state index in [1.807, 2.05) is 0 Å². The highest BCUT2D eigenvalue weighted by atomic mass is 32.2. The van der Waals surface area contributed by atoms with E-state index in [1.165, 1.54) is 6.20 Å². The second kappa shape index (κ2) is 5.83. The van der Waals surface area contributed by atoms with Crippen molar-refractivity contribution in [3.8, 4) is 0 Å². The normalized spacial score (nSPS) is 19.8. The van der Waals surface area contributed by atoms with Gasteiger partial charge in [0.25, 0.3) is 10.0 Å². The Balaban J connectivity index is 2.05. The average molecular weight is 301 g/mol. The molecule has 2 rings (SSSR count). The van der Waals surface area contributed by atoms with Gasteiger partial charge in [-0.3, -0.25) is 0 Å². The lowest BCUT2D eigenvalue weighted by atomic mass is 9.95. The van der Waals surface area contributed by atoms with Gasteiger partial charge < -0.3 is 9.67 Å². The Kier molecular flexibility index (Phi) is 4.51. The predicted octanol–water partition coefficient (Wildman–Crippen LogP) is 1.09. The number of nitrogens with one attached hydrogen (secondary N) is 1. The van der Waals surface area contributed by atoms with E-state index in [9.17, 15) is 13.5 Å². The van der Waals surface area contributed by atoms with Crippen molar-refractivity contribution in [3.05, 3.63) is 12.0 Å². The van der Waals surface area contributed by atoms with Crippen molar-refractivity contribution >= 4 is 10.0 Å². The van der Waals surface area contributed by atoms with Gasteiger partial charge in [-0.25, -0.2) is 18.1 Å². The average Bonchev–Trinajstić information content (AvgIpc) is 2.61. The van der Waals surface area contributed by atoms with Crippen LogP contribution >= 0.6 is 0 Å². The first kappa shape index (κ1) is 15.5. The molecule has 114 valence electrons. The van der Waals surface area contributed by atoms with Gasteiger partial charge in [-0.05, 0) is 19.8 Å². The van der Waals surface area contributed by atoms with Gasteiger partial charge in [0.2, 0.25) is 0 Å². The number of imidazole rings is 1. The molecule has 1 aliphatic rings. The molecule has 0 aliphatic heterocycles. The van der Waals surface area contributed by atoms with Gasteiger partial charge in [0.05, 0.1) is 5.60 Å². The summed E-state index contributed by atoms with van der Waals surface area (Å²) in [5.74, 6) is 0.638. The molecule has 0 unspecified atom stereocenters. The smallest absolute Gasteiger partial charge is 0.259 e. The summed E-state index contributed by atoms with van der Waals surface area (Å²) in [4.78, 5) is 4.02. The van der Waals surface area contributed by atoms with Gasteiger partial charge in [-0.15, -0.1) is 0 Å². The number of hydrogen-bond acceptors (Lipinski definition) is 4. The second-order valence-electron chi connectivity index (χ2n) is 5.70. The Morgan fingerprint density at radius 1 is 1.35 bits per heavy atom. The minimum absolute atomic E-state index is 0.00900. The summed E-state index contributed by atoms with van der Waals surface area (Å²) in [7, 11) is -1.90. The van der Waals surface area contributed by atoms with Gasteiger partial charge >= 0.3 is 0 Å². The molecule has 0 saturated heterocycles. The molecule has 6 nitrogen and oxygen atoms in total. The summed E-state index contributed by atoms with van der Waals surface area (Å²) in [5, 5.41) is 10.5. The SMILES string of the molecule is Cc1nc(S(=O)(=O)NCC2(O)CCCCCC2)cn1C. The van der Waals surface area contributed by atoms with Crippen molar-refractivity contribution < 1.29 is 13.5 Å². The summed E-state index contributed by atoms with van der Waals surface area (Å²) < 4.78 is 28.5. The van der Waals surface area contributed by atoms with E-state index in [2.05, 4.69) is 9.71 Å². The van der Waals surface area contributed by atoms with Gasteiger partial charge in [-0.2, -0.15) is 0 Å². The molecule has 1 fully saturated rings. The zero-order valence-corrected chi connectivity index (χ0v) is 12.9. The minimum atomic E-state index is -3.65. The number of sulfonamides is 1. The quantitative estimate of drug-likeness (QED) is 0.815. The fraction of sp³-hybridized carbons (Fsp3) is 0.769. The molecular weight excluding hydrogens is 278 g/mol. The monoisotopic (exact) mass is 301 g/mol. The van der Waals surface area contributed by atoms with E-state index in [4.69, 9.17) is 0 Å². The molecule has 7 heteroatoms. The Hall–Kier alpha value is -0.920. The molecule has 0 amide bonds. The fourth-order valence-electron chi connectivity index (χ4n) is 2.52.